The minimum atomic E-state index is -0.676. The Bertz CT molecular complexity index is 634. The van der Waals surface area contributed by atoms with Gasteiger partial charge in [-0.25, -0.2) is 4.79 Å². The Morgan fingerprint density at radius 1 is 1.27 bits per heavy atom. The van der Waals surface area contributed by atoms with Gasteiger partial charge in [0.1, 0.15) is 0 Å². The van der Waals surface area contributed by atoms with E-state index in [1.54, 1.807) is 38.1 Å². The lowest BCUT2D eigenvalue weighted by molar-refractivity contribution is 0.187. The summed E-state index contributed by atoms with van der Waals surface area (Å²) in [5.74, 6) is 1.04. The van der Waals surface area contributed by atoms with Gasteiger partial charge in [0.15, 0.2) is 0 Å². The van der Waals surface area contributed by atoms with Gasteiger partial charge in [-0.2, -0.15) is 0 Å². The number of nitrogens with one attached hydrogen (secondary N) is 2. The lowest BCUT2D eigenvalue weighted by atomic mass is 10.1. The molecular formula is C15H20N4O3. The van der Waals surface area contributed by atoms with E-state index < -0.39 is 5.54 Å². The van der Waals surface area contributed by atoms with Crippen LogP contribution in [0.2, 0.25) is 0 Å². The third-order valence-corrected chi connectivity index (χ3v) is 3.01. The Morgan fingerprint density at radius 2 is 1.95 bits per heavy atom. The summed E-state index contributed by atoms with van der Waals surface area (Å²) in [6.07, 6.45) is 0.688. The number of anilines is 1. The number of aryl methyl sites for hydroxylation is 1. The summed E-state index contributed by atoms with van der Waals surface area (Å²) in [6, 6.07) is 6.70. The Hall–Kier alpha value is -2.41. The van der Waals surface area contributed by atoms with Crippen LogP contribution in [0.15, 0.2) is 28.7 Å². The number of amides is 2. The molecule has 2 rings (SSSR count). The molecule has 0 saturated heterocycles. The number of aliphatic hydroxyl groups is 1. The highest BCUT2D eigenvalue weighted by Crippen LogP contribution is 2.20. The highest BCUT2D eigenvalue weighted by molar-refractivity contribution is 5.89. The SMILES string of the molecule is CCc1nnc(-c2ccc(NC(=O)NC(C)(C)CO)cc2)o1. The summed E-state index contributed by atoms with van der Waals surface area (Å²) in [7, 11) is 0. The number of carbonyl (C=O) groups is 1. The number of hydrogen-bond acceptors (Lipinski definition) is 5. The standard InChI is InChI=1S/C15H20N4O3/c1-4-12-18-19-13(22-12)10-5-7-11(8-6-10)16-14(21)17-15(2,3)9-20/h5-8,20H,4,9H2,1-3H3,(H2,16,17,21). The van der Waals surface area contributed by atoms with Gasteiger partial charge < -0.3 is 20.2 Å². The number of benzene rings is 1. The van der Waals surface area contributed by atoms with E-state index in [4.69, 9.17) is 9.52 Å². The minimum Gasteiger partial charge on any atom is -0.421 e. The molecule has 7 heteroatoms. The summed E-state index contributed by atoms with van der Waals surface area (Å²) >= 11 is 0. The first-order chi connectivity index (χ1) is 10.4. The van der Waals surface area contributed by atoms with Crippen LogP contribution in [0.3, 0.4) is 0 Å². The lowest BCUT2D eigenvalue weighted by Crippen LogP contribution is -2.48. The summed E-state index contributed by atoms with van der Waals surface area (Å²) < 4.78 is 5.47. The van der Waals surface area contributed by atoms with Gasteiger partial charge in [-0.05, 0) is 38.1 Å². The van der Waals surface area contributed by atoms with Gasteiger partial charge in [-0.15, -0.1) is 10.2 Å². The molecule has 7 nitrogen and oxygen atoms in total. The molecule has 3 N–H and O–H groups in total. The van der Waals surface area contributed by atoms with Crippen LogP contribution in [0, 0.1) is 0 Å². The predicted octanol–water partition coefficient (Wildman–Crippen LogP) is 2.19. The molecule has 0 unspecified atom stereocenters. The average Bonchev–Trinajstić information content (AvgIpc) is 2.96. The highest BCUT2D eigenvalue weighted by Gasteiger charge is 2.19. The Balaban J connectivity index is 2.01. The molecule has 0 saturated carbocycles. The number of hydrogen-bond donors (Lipinski definition) is 3. The molecule has 22 heavy (non-hydrogen) atoms. The summed E-state index contributed by atoms with van der Waals surface area (Å²) in [5, 5.41) is 22.4. The van der Waals surface area contributed by atoms with Crippen LogP contribution in [0.5, 0.6) is 0 Å². The van der Waals surface area contributed by atoms with Crippen molar-refractivity contribution in [1.29, 1.82) is 0 Å². The van der Waals surface area contributed by atoms with Crippen molar-refractivity contribution in [2.24, 2.45) is 0 Å². The van der Waals surface area contributed by atoms with Crippen LogP contribution >= 0.6 is 0 Å². The number of rotatable bonds is 5. The molecule has 1 aromatic heterocycles. The van der Waals surface area contributed by atoms with Crippen LogP contribution in [-0.4, -0.2) is 33.5 Å². The van der Waals surface area contributed by atoms with Crippen molar-refractivity contribution in [3.8, 4) is 11.5 Å². The van der Waals surface area contributed by atoms with Crippen molar-refractivity contribution >= 4 is 11.7 Å². The molecule has 0 spiro atoms. The van der Waals surface area contributed by atoms with Crippen molar-refractivity contribution in [2.75, 3.05) is 11.9 Å². The molecule has 2 amide bonds. The smallest absolute Gasteiger partial charge is 0.319 e. The molecule has 0 aliphatic rings. The fourth-order valence-corrected chi connectivity index (χ4v) is 1.72. The lowest BCUT2D eigenvalue weighted by Gasteiger charge is -2.23. The van der Waals surface area contributed by atoms with E-state index >= 15 is 0 Å². The molecular weight excluding hydrogens is 284 g/mol. The first-order valence-electron chi connectivity index (χ1n) is 7.06. The number of nitrogens with zero attached hydrogens (tertiary/aromatic N) is 2. The molecule has 0 bridgehead atoms. The molecule has 0 atom stereocenters. The topological polar surface area (TPSA) is 100 Å². The van der Waals surface area contributed by atoms with Crippen molar-refractivity contribution < 1.29 is 14.3 Å². The Labute approximate surface area is 128 Å². The second kappa shape index (κ2) is 6.57. The van der Waals surface area contributed by atoms with Gasteiger partial charge in [-0.1, -0.05) is 6.92 Å². The maximum atomic E-state index is 11.8. The number of aliphatic hydroxyl groups excluding tert-OH is 1. The summed E-state index contributed by atoms with van der Waals surface area (Å²) in [5.41, 5.74) is 0.740. The van der Waals surface area contributed by atoms with E-state index in [1.807, 2.05) is 6.92 Å². The van der Waals surface area contributed by atoms with Crippen LogP contribution in [0.1, 0.15) is 26.7 Å². The van der Waals surface area contributed by atoms with E-state index in [-0.39, 0.29) is 12.6 Å². The average molecular weight is 304 g/mol. The second-order valence-electron chi connectivity index (χ2n) is 5.55. The Kier molecular flexibility index (Phi) is 4.77. The molecule has 0 aliphatic heterocycles. The largest absolute Gasteiger partial charge is 0.421 e. The van der Waals surface area contributed by atoms with Crippen molar-refractivity contribution in [3.05, 3.63) is 30.2 Å². The quantitative estimate of drug-likeness (QED) is 0.786. The molecule has 0 aliphatic carbocycles. The Morgan fingerprint density at radius 3 is 2.50 bits per heavy atom. The second-order valence-corrected chi connectivity index (χ2v) is 5.55. The molecule has 118 valence electrons. The van der Waals surface area contributed by atoms with E-state index in [1.165, 1.54) is 0 Å². The van der Waals surface area contributed by atoms with E-state index in [9.17, 15) is 4.79 Å². The zero-order valence-corrected chi connectivity index (χ0v) is 12.9. The number of aromatic nitrogens is 2. The maximum Gasteiger partial charge on any atom is 0.319 e. The zero-order valence-electron chi connectivity index (χ0n) is 12.9. The fraction of sp³-hybridized carbons (Fsp3) is 0.400. The third-order valence-electron chi connectivity index (χ3n) is 3.01. The molecule has 1 heterocycles. The van der Waals surface area contributed by atoms with Crippen LogP contribution in [0.4, 0.5) is 10.5 Å². The molecule has 0 fully saturated rings. The van der Waals surface area contributed by atoms with Crippen molar-refractivity contribution in [1.82, 2.24) is 15.5 Å². The first kappa shape index (κ1) is 16.0. The first-order valence-corrected chi connectivity index (χ1v) is 7.06. The van der Waals surface area contributed by atoms with Crippen LogP contribution < -0.4 is 10.6 Å². The summed E-state index contributed by atoms with van der Waals surface area (Å²) in [6.45, 7) is 5.26. The van der Waals surface area contributed by atoms with Crippen molar-refractivity contribution in [3.63, 3.8) is 0 Å². The normalized spacial score (nSPS) is 11.3. The van der Waals surface area contributed by atoms with Crippen LogP contribution in [-0.2, 0) is 6.42 Å². The van der Waals surface area contributed by atoms with Gasteiger partial charge in [0.05, 0.1) is 12.1 Å². The molecule has 0 radical (unpaired) electrons. The van der Waals surface area contributed by atoms with Crippen molar-refractivity contribution in [2.45, 2.75) is 32.7 Å². The third kappa shape index (κ3) is 4.05. The predicted molar refractivity (Wildman–Crippen MR) is 82.4 cm³/mol. The monoisotopic (exact) mass is 304 g/mol. The fourth-order valence-electron chi connectivity index (χ4n) is 1.72. The maximum absolute atomic E-state index is 11.8. The van der Waals surface area contributed by atoms with Gasteiger partial charge in [-0.3, -0.25) is 0 Å². The number of urea groups is 1. The van der Waals surface area contributed by atoms with Gasteiger partial charge >= 0.3 is 6.03 Å². The van der Waals surface area contributed by atoms with Crippen LogP contribution in [0.25, 0.3) is 11.5 Å². The number of carbonyl (C=O) groups excluding carboxylic acids is 1. The van der Waals surface area contributed by atoms with E-state index in [2.05, 4.69) is 20.8 Å². The van der Waals surface area contributed by atoms with Gasteiger partial charge in [0.2, 0.25) is 11.8 Å². The highest BCUT2D eigenvalue weighted by atomic mass is 16.4. The summed E-state index contributed by atoms with van der Waals surface area (Å²) in [4.78, 5) is 11.8. The molecule has 1 aromatic carbocycles. The van der Waals surface area contributed by atoms with Gasteiger partial charge in [0, 0.05) is 17.7 Å². The molecule has 2 aromatic rings. The zero-order chi connectivity index (χ0) is 16.2. The van der Waals surface area contributed by atoms with E-state index in [0.717, 1.165) is 5.56 Å². The van der Waals surface area contributed by atoms with E-state index in [0.29, 0.717) is 23.9 Å². The van der Waals surface area contributed by atoms with Gasteiger partial charge in [0.25, 0.3) is 0 Å². The minimum absolute atomic E-state index is 0.143.